The molecule has 1 aliphatic heterocycles. The molecule has 4 nitrogen and oxygen atoms in total. The summed E-state index contributed by atoms with van der Waals surface area (Å²) in [5.74, 6) is 1.85. The summed E-state index contributed by atoms with van der Waals surface area (Å²) in [6.45, 7) is 2.26. The second-order valence-corrected chi connectivity index (χ2v) is 7.70. The van der Waals surface area contributed by atoms with Gasteiger partial charge >= 0.3 is 0 Å². The van der Waals surface area contributed by atoms with E-state index in [1.807, 2.05) is 6.92 Å². The van der Waals surface area contributed by atoms with Gasteiger partial charge in [0.2, 0.25) is 10.0 Å². The molecule has 0 radical (unpaired) electrons. The molecule has 6 heteroatoms. The number of hydrogen-bond donors (Lipinski definition) is 1. The number of sulfonamides is 1. The molecule has 1 unspecified atom stereocenters. The Balaban J connectivity index is 2.07. The molecule has 0 spiro atoms. The number of nitrogens with one attached hydrogen (secondary N) is 1. The van der Waals surface area contributed by atoms with Gasteiger partial charge in [-0.25, -0.2) is 13.1 Å². The molecule has 2 rings (SSSR count). The first kappa shape index (κ1) is 14.8. The van der Waals surface area contributed by atoms with Gasteiger partial charge < -0.3 is 4.74 Å². The zero-order valence-electron chi connectivity index (χ0n) is 11.2. The van der Waals surface area contributed by atoms with Gasteiger partial charge in [0.05, 0.1) is 10.5 Å². The largest absolute Gasteiger partial charge is 0.376 e. The fourth-order valence-corrected chi connectivity index (χ4v) is 4.50. The minimum atomic E-state index is -3.45. The number of thioether (sulfide) groups is 1. The first-order valence-electron chi connectivity index (χ1n) is 6.17. The van der Waals surface area contributed by atoms with E-state index in [2.05, 4.69) is 4.72 Å². The van der Waals surface area contributed by atoms with Crippen LogP contribution < -0.4 is 4.72 Å². The van der Waals surface area contributed by atoms with Crippen molar-refractivity contribution < 1.29 is 13.2 Å². The van der Waals surface area contributed by atoms with E-state index in [1.54, 1.807) is 43.1 Å². The van der Waals surface area contributed by atoms with E-state index in [0.29, 0.717) is 11.4 Å². The molecular formula is C13H19NO3S2. The Morgan fingerprint density at radius 3 is 2.58 bits per heavy atom. The number of methoxy groups -OCH3 is 1. The molecule has 1 aliphatic rings. The van der Waals surface area contributed by atoms with Gasteiger partial charge in [-0.15, -0.1) is 0 Å². The van der Waals surface area contributed by atoms with Gasteiger partial charge in [0, 0.05) is 19.4 Å². The highest BCUT2D eigenvalue weighted by Crippen LogP contribution is 2.30. The Morgan fingerprint density at radius 2 is 2.05 bits per heavy atom. The van der Waals surface area contributed by atoms with Gasteiger partial charge in [0.15, 0.2) is 0 Å². The minimum absolute atomic E-state index is 0.301. The first-order valence-corrected chi connectivity index (χ1v) is 8.80. The molecule has 19 heavy (non-hydrogen) atoms. The lowest BCUT2D eigenvalue weighted by atomic mass is 10.0. The monoisotopic (exact) mass is 301 g/mol. The van der Waals surface area contributed by atoms with Crippen molar-refractivity contribution in [3.05, 3.63) is 29.8 Å². The second-order valence-electron chi connectivity index (χ2n) is 4.83. The summed E-state index contributed by atoms with van der Waals surface area (Å²) in [7, 11) is -1.81. The van der Waals surface area contributed by atoms with Crippen molar-refractivity contribution in [3.8, 4) is 0 Å². The summed E-state index contributed by atoms with van der Waals surface area (Å²) in [4.78, 5) is 0.301. The molecule has 1 aromatic rings. The van der Waals surface area contributed by atoms with Crippen molar-refractivity contribution in [2.45, 2.75) is 23.8 Å². The number of benzene rings is 1. The molecule has 0 bridgehead atoms. The van der Waals surface area contributed by atoms with Crippen LogP contribution in [0.25, 0.3) is 0 Å². The molecule has 1 fully saturated rings. The van der Waals surface area contributed by atoms with Crippen LogP contribution in [0.4, 0.5) is 0 Å². The lowest BCUT2D eigenvalue weighted by molar-refractivity contribution is 0.0179. The van der Waals surface area contributed by atoms with E-state index < -0.39 is 10.0 Å². The third-order valence-corrected chi connectivity index (χ3v) is 6.06. The minimum Gasteiger partial charge on any atom is -0.376 e. The van der Waals surface area contributed by atoms with Crippen LogP contribution in [0.1, 0.15) is 12.0 Å². The van der Waals surface area contributed by atoms with Crippen LogP contribution in [0.2, 0.25) is 0 Å². The van der Waals surface area contributed by atoms with E-state index in [0.717, 1.165) is 23.5 Å². The number of hydrogen-bond acceptors (Lipinski definition) is 4. The van der Waals surface area contributed by atoms with E-state index in [9.17, 15) is 8.42 Å². The van der Waals surface area contributed by atoms with Gasteiger partial charge in [-0.1, -0.05) is 17.7 Å². The highest BCUT2D eigenvalue weighted by molar-refractivity contribution is 7.99. The van der Waals surface area contributed by atoms with Crippen molar-refractivity contribution in [2.75, 3.05) is 25.2 Å². The predicted molar refractivity (Wildman–Crippen MR) is 78.0 cm³/mol. The third kappa shape index (κ3) is 3.51. The molecule has 0 aromatic heterocycles. The molecule has 1 aromatic carbocycles. The van der Waals surface area contributed by atoms with Crippen LogP contribution in [0.15, 0.2) is 29.2 Å². The Bertz CT molecular complexity index is 519. The Hall–Kier alpha value is -0.560. The SMILES string of the molecule is COC1(CNS(=O)(=O)c2ccc(C)cc2)CCSC1. The number of rotatable bonds is 5. The lowest BCUT2D eigenvalue weighted by Crippen LogP contribution is -2.44. The molecule has 1 N–H and O–H groups in total. The maximum Gasteiger partial charge on any atom is 0.240 e. The molecule has 1 atom stereocenters. The summed E-state index contributed by atoms with van der Waals surface area (Å²) in [5, 5.41) is 0. The number of aryl methyl sites for hydroxylation is 1. The maximum atomic E-state index is 12.2. The van der Waals surface area contributed by atoms with Crippen LogP contribution in [0, 0.1) is 6.92 Å². The zero-order chi connectivity index (χ0) is 13.9. The van der Waals surface area contributed by atoms with Crippen LogP contribution in [-0.2, 0) is 14.8 Å². The zero-order valence-corrected chi connectivity index (χ0v) is 12.8. The predicted octanol–water partition coefficient (Wildman–Crippen LogP) is 1.80. The smallest absolute Gasteiger partial charge is 0.240 e. The average Bonchev–Trinajstić information content (AvgIpc) is 2.87. The normalized spacial score (nSPS) is 23.7. The summed E-state index contributed by atoms with van der Waals surface area (Å²) in [5.41, 5.74) is 0.683. The van der Waals surface area contributed by atoms with Crippen LogP contribution >= 0.6 is 11.8 Å². The van der Waals surface area contributed by atoms with Crippen LogP contribution in [0.5, 0.6) is 0 Å². The number of ether oxygens (including phenoxy) is 1. The molecule has 0 saturated carbocycles. The van der Waals surface area contributed by atoms with Crippen molar-refractivity contribution >= 4 is 21.8 Å². The van der Waals surface area contributed by atoms with Gasteiger partial charge in [-0.05, 0) is 31.2 Å². The van der Waals surface area contributed by atoms with E-state index in [1.165, 1.54) is 0 Å². The lowest BCUT2D eigenvalue weighted by Gasteiger charge is -2.26. The van der Waals surface area contributed by atoms with E-state index in [-0.39, 0.29) is 5.60 Å². The molecule has 1 saturated heterocycles. The average molecular weight is 301 g/mol. The Labute approximate surface area is 119 Å². The standard InChI is InChI=1S/C13H19NO3S2/c1-11-3-5-12(6-4-11)19(15,16)14-9-13(17-2)7-8-18-10-13/h3-6,14H,7-10H2,1-2H3. The molecule has 0 amide bonds. The van der Waals surface area contributed by atoms with Gasteiger partial charge in [-0.3, -0.25) is 0 Å². The molecular weight excluding hydrogens is 282 g/mol. The first-order chi connectivity index (χ1) is 8.97. The molecule has 1 heterocycles. The van der Waals surface area contributed by atoms with Crippen LogP contribution in [-0.4, -0.2) is 39.2 Å². The molecule has 0 aliphatic carbocycles. The van der Waals surface area contributed by atoms with E-state index in [4.69, 9.17) is 4.74 Å². The van der Waals surface area contributed by atoms with Crippen molar-refractivity contribution in [3.63, 3.8) is 0 Å². The fraction of sp³-hybridized carbons (Fsp3) is 0.538. The van der Waals surface area contributed by atoms with Gasteiger partial charge in [0.25, 0.3) is 0 Å². The van der Waals surface area contributed by atoms with Crippen molar-refractivity contribution in [2.24, 2.45) is 0 Å². The van der Waals surface area contributed by atoms with Crippen molar-refractivity contribution in [1.29, 1.82) is 0 Å². The van der Waals surface area contributed by atoms with Gasteiger partial charge in [-0.2, -0.15) is 11.8 Å². The topological polar surface area (TPSA) is 55.4 Å². The highest BCUT2D eigenvalue weighted by atomic mass is 32.2. The fourth-order valence-electron chi connectivity index (χ4n) is 1.99. The summed E-state index contributed by atoms with van der Waals surface area (Å²) in [6, 6.07) is 6.85. The second kappa shape index (κ2) is 5.83. The summed E-state index contributed by atoms with van der Waals surface area (Å²) in [6.07, 6.45) is 0.880. The summed E-state index contributed by atoms with van der Waals surface area (Å²) < 4.78 is 32.5. The Kier molecular flexibility index (Phi) is 4.55. The third-order valence-electron chi connectivity index (χ3n) is 3.42. The van der Waals surface area contributed by atoms with E-state index >= 15 is 0 Å². The maximum absolute atomic E-state index is 12.2. The van der Waals surface area contributed by atoms with Gasteiger partial charge in [0.1, 0.15) is 0 Å². The summed E-state index contributed by atoms with van der Waals surface area (Å²) >= 11 is 1.79. The highest BCUT2D eigenvalue weighted by Gasteiger charge is 2.35. The molecule has 106 valence electrons. The Morgan fingerprint density at radius 1 is 1.37 bits per heavy atom. The quantitative estimate of drug-likeness (QED) is 0.901. The van der Waals surface area contributed by atoms with Crippen molar-refractivity contribution in [1.82, 2.24) is 4.72 Å². The van der Waals surface area contributed by atoms with Crippen LogP contribution in [0.3, 0.4) is 0 Å².